The van der Waals surface area contributed by atoms with Gasteiger partial charge < -0.3 is 14.6 Å². The molecule has 0 amide bonds. The molecule has 0 radical (unpaired) electrons. The van der Waals surface area contributed by atoms with Crippen LogP contribution in [0.3, 0.4) is 0 Å². The maximum absolute atomic E-state index is 12.2. The van der Waals surface area contributed by atoms with Crippen molar-refractivity contribution in [3.8, 4) is 11.8 Å². The molecule has 116 valence electrons. The second kappa shape index (κ2) is 6.25. The first-order chi connectivity index (χ1) is 10.3. The largest absolute Gasteiger partial charge is 0.487 e. The highest BCUT2D eigenvalue weighted by molar-refractivity contribution is 6.12. The minimum atomic E-state index is -1.93. The zero-order valence-electron chi connectivity index (χ0n) is 13.2. The summed E-state index contributed by atoms with van der Waals surface area (Å²) in [5, 5.41) is 10.5. The van der Waals surface area contributed by atoms with Gasteiger partial charge in [-0.05, 0) is 45.7 Å². The molecular formula is C18H20O4. The van der Waals surface area contributed by atoms with Crippen LogP contribution in [0.5, 0.6) is 0 Å². The standard InChI is InChI=1S/C18H20O4/c1-12(2)21-15-16(19)18(20,17(15)22-13(3)4)11-10-14-8-6-5-7-9-14/h5-9,12-13,20H,1-4H3. The molecule has 1 aromatic carbocycles. The van der Waals surface area contributed by atoms with Gasteiger partial charge in [0.1, 0.15) is 0 Å². The lowest BCUT2D eigenvalue weighted by atomic mass is 9.83. The summed E-state index contributed by atoms with van der Waals surface area (Å²) in [6.45, 7) is 7.24. The van der Waals surface area contributed by atoms with E-state index in [9.17, 15) is 9.90 Å². The van der Waals surface area contributed by atoms with Crippen molar-refractivity contribution in [1.82, 2.24) is 0 Å². The molecule has 22 heavy (non-hydrogen) atoms. The minimum absolute atomic E-state index is 0.0635. The van der Waals surface area contributed by atoms with Crippen LogP contribution in [-0.2, 0) is 14.3 Å². The lowest BCUT2D eigenvalue weighted by Crippen LogP contribution is -2.52. The van der Waals surface area contributed by atoms with Gasteiger partial charge in [0, 0.05) is 5.56 Å². The fourth-order valence-corrected chi connectivity index (χ4v) is 1.99. The minimum Gasteiger partial charge on any atom is -0.487 e. The molecule has 1 N–H and O–H groups in total. The van der Waals surface area contributed by atoms with Crippen LogP contribution in [0.2, 0.25) is 0 Å². The number of hydrogen-bond donors (Lipinski definition) is 1. The first-order valence-corrected chi connectivity index (χ1v) is 7.28. The number of aliphatic hydroxyl groups is 1. The third-order valence-electron chi connectivity index (χ3n) is 2.94. The van der Waals surface area contributed by atoms with Crippen molar-refractivity contribution in [1.29, 1.82) is 0 Å². The highest BCUT2D eigenvalue weighted by Gasteiger charge is 2.56. The first kappa shape index (κ1) is 16.1. The summed E-state index contributed by atoms with van der Waals surface area (Å²) in [4.78, 5) is 12.2. The van der Waals surface area contributed by atoms with Crippen LogP contribution in [-0.4, -0.2) is 28.7 Å². The highest BCUT2D eigenvalue weighted by Crippen LogP contribution is 2.37. The van der Waals surface area contributed by atoms with E-state index >= 15 is 0 Å². The monoisotopic (exact) mass is 300 g/mol. The molecule has 1 aliphatic carbocycles. The van der Waals surface area contributed by atoms with Gasteiger partial charge in [0.05, 0.1) is 12.2 Å². The highest BCUT2D eigenvalue weighted by atomic mass is 16.5. The molecule has 2 rings (SSSR count). The second-order valence-corrected chi connectivity index (χ2v) is 5.65. The van der Waals surface area contributed by atoms with Crippen molar-refractivity contribution in [2.45, 2.75) is 45.5 Å². The summed E-state index contributed by atoms with van der Waals surface area (Å²) >= 11 is 0. The predicted octanol–water partition coefficient (Wildman–Crippen LogP) is 2.41. The zero-order valence-corrected chi connectivity index (χ0v) is 13.2. The van der Waals surface area contributed by atoms with Gasteiger partial charge in [-0.15, -0.1) is 0 Å². The Balaban J connectivity index is 2.34. The van der Waals surface area contributed by atoms with Crippen molar-refractivity contribution in [2.75, 3.05) is 0 Å². The molecule has 0 aliphatic heterocycles. The summed E-state index contributed by atoms with van der Waals surface area (Å²) in [5.41, 5.74) is -1.21. The number of ether oxygens (including phenoxy) is 2. The van der Waals surface area contributed by atoms with Crippen molar-refractivity contribution < 1.29 is 19.4 Å². The normalized spacial score (nSPS) is 20.6. The topological polar surface area (TPSA) is 55.8 Å². The van der Waals surface area contributed by atoms with Crippen LogP contribution in [0.4, 0.5) is 0 Å². The maximum atomic E-state index is 12.2. The van der Waals surface area contributed by atoms with E-state index < -0.39 is 11.4 Å². The van der Waals surface area contributed by atoms with Crippen LogP contribution >= 0.6 is 0 Å². The SMILES string of the molecule is CC(C)OC1=C(OC(C)C)C(O)(C#Cc2ccccc2)C1=O. The molecule has 4 nitrogen and oxygen atoms in total. The van der Waals surface area contributed by atoms with Crippen LogP contribution in [0.15, 0.2) is 41.9 Å². The molecule has 1 atom stereocenters. The Hall–Kier alpha value is -2.25. The second-order valence-electron chi connectivity index (χ2n) is 5.65. The van der Waals surface area contributed by atoms with Crippen molar-refractivity contribution in [3.63, 3.8) is 0 Å². The molecule has 4 heteroatoms. The van der Waals surface area contributed by atoms with Gasteiger partial charge in [-0.3, -0.25) is 4.79 Å². The summed E-state index contributed by atoms with van der Waals surface area (Å²) < 4.78 is 11.0. The lowest BCUT2D eigenvalue weighted by Gasteiger charge is -2.36. The molecule has 1 aliphatic rings. The number of benzene rings is 1. The van der Waals surface area contributed by atoms with E-state index in [1.54, 1.807) is 26.0 Å². The Morgan fingerprint density at radius 2 is 1.64 bits per heavy atom. The van der Waals surface area contributed by atoms with Gasteiger partial charge in [0.15, 0.2) is 5.76 Å². The number of hydrogen-bond acceptors (Lipinski definition) is 4. The van der Waals surface area contributed by atoms with E-state index in [4.69, 9.17) is 9.47 Å². The summed E-state index contributed by atoms with van der Waals surface area (Å²) in [6, 6.07) is 9.16. The lowest BCUT2D eigenvalue weighted by molar-refractivity contribution is -0.143. The van der Waals surface area contributed by atoms with E-state index in [0.29, 0.717) is 5.56 Å². The molecule has 0 saturated heterocycles. The fraction of sp³-hybridized carbons (Fsp3) is 0.389. The van der Waals surface area contributed by atoms with E-state index in [2.05, 4.69) is 11.8 Å². The molecule has 0 heterocycles. The summed E-state index contributed by atoms with van der Waals surface area (Å²) in [7, 11) is 0. The van der Waals surface area contributed by atoms with Gasteiger partial charge in [-0.1, -0.05) is 24.1 Å². The molecule has 0 spiro atoms. The molecule has 0 aromatic heterocycles. The quantitative estimate of drug-likeness (QED) is 0.868. The fourth-order valence-electron chi connectivity index (χ4n) is 1.99. The van der Waals surface area contributed by atoms with Crippen LogP contribution in [0.25, 0.3) is 0 Å². The predicted molar refractivity (Wildman–Crippen MR) is 82.7 cm³/mol. The van der Waals surface area contributed by atoms with Crippen molar-refractivity contribution >= 4 is 5.78 Å². The van der Waals surface area contributed by atoms with Gasteiger partial charge in [-0.2, -0.15) is 0 Å². The summed E-state index contributed by atoms with van der Waals surface area (Å²) in [5.74, 6) is 5.03. The molecule has 0 bridgehead atoms. The number of carbonyl (C=O) groups is 1. The van der Waals surface area contributed by atoms with E-state index in [-0.39, 0.29) is 23.7 Å². The maximum Gasteiger partial charge on any atom is 0.255 e. The van der Waals surface area contributed by atoms with Gasteiger partial charge in [0.2, 0.25) is 5.76 Å². The average Bonchev–Trinajstić information content (AvgIpc) is 2.49. The van der Waals surface area contributed by atoms with E-state index in [1.807, 2.05) is 32.0 Å². The van der Waals surface area contributed by atoms with Gasteiger partial charge in [-0.25, -0.2) is 0 Å². The third-order valence-corrected chi connectivity index (χ3v) is 2.94. The number of Topliss-reactive ketones (excluding diaryl/α,β-unsaturated/α-hetero) is 1. The van der Waals surface area contributed by atoms with Crippen LogP contribution in [0, 0.1) is 11.8 Å². The zero-order chi connectivity index (χ0) is 16.3. The molecule has 1 unspecified atom stereocenters. The smallest absolute Gasteiger partial charge is 0.255 e. The van der Waals surface area contributed by atoms with E-state index in [1.165, 1.54) is 0 Å². The third kappa shape index (κ3) is 3.15. The van der Waals surface area contributed by atoms with Gasteiger partial charge >= 0.3 is 0 Å². The van der Waals surface area contributed by atoms with E-state index in [0.717, 1.165) is 0 Å². The number of ketones is 1. The molecular weight excluding hydrogens is 280 g/mol. The Labute approximate surface area is 130 Å². The Bertz CT molecular complexity index is 647. The van der Waals surface area contributed by atoms with Gasteiger partial charge in [0.25, 0.3) is 11.4 Å². The van der Waals surface area contributed by atoms with Crippen LogP contribution in [0.1, 0.15) is 33.3 Å². The number of carbonyl (C=O) groups excluding carboxylic acids is 1. The molecule has 0 saturated carbocycles. The average molecular weight is 300 g/mol. The first-order valence-electron chi connectivity index (χ1n) is 7.28. The summed E-state index contributed by atoms with van der Waals surface area (Å²) in [6.07, 6.45) is -0.379. The Morgan fingerprint density at radius 3 is 2.18 bits per heavy atom. The van der Waals surface area contributed by atoms with Crippen molar-refractivity contribution in [3.05, 3.63) is 47.4 Å². The molecule has 0 fully saturated rings. The van der Waals surface area contributed by atoms with Crippen LogP contribution < -0.4 is 0 Å². The Kier molecular flexibility index (Phi) is 4.58. The number of rotatable bonds is 4. The van der Waals surface area contributed by atoms with Crippen molar-refractivity contribution in [2.24, 2.45) is 0 Å². The Morgan fingerprint density at radius 1 is 1.05 bits per heavy atom. The molecule has 1 aromatic rings.